The molecule has 2 nitrogen and oxygen atoms in total. The van der Waals surface area contributed by atoms with E-state index in [0.29, 0.717) is 13.1 Å². The van der Waals surface area contributed by atoms with Crippen molar-refractivity contribution in [1.82, 2.24) is 5.32 Å². The molecule has 1 aromatic carbocycles. The zero-order chi connectivity index (χ0) is 12.1. The molecule has 0 saturated carbocycles. The van der Waals surface area contributed by atoms with Crippen LogP contribution in [0.1, 0.15) is 12.5 Å². The Balaban J connectivity index is 2.48. The molecule has 0 radical (unpaired) electrons. The van der Waals surface area contributed by atoms with Gasteiger partial charge in [0.1, 0.15) is 5.82 Å². The van der Waals surface area contributed by atoms with Crippen LogP contribution in [0.15, 0.2) is 22.7 Å². The van der Waals surface area contributed by atoms with Gasteiger partial charge in [-0.15, -0.1) is 0 Å². The topological polar surface area (TPSA) is 29.1 Å². The van der Waals surface area contributed by atoms with Crippen molar-refractivity contribution in [3.8, 4) is 0 Å². The van der Waals surface area contributed by atoms with Crippen molar-refractivity contribution in [2.24, 2.45) is 0 Å². The lowest BCUT2D eigenvalue weighted by Crippen LogP contribution is -2.27. The van der Waals surface area contributed by atoms with Gasteiger partial charge in [0.05, 0.1) is 0 Å². The summed E-state index contributed by atoms with van der Waals surface area (Å²) >= 11 is 3.36. The number of rotatable bonds is 5. The van der Waals surface area contributed by atoms with Crippen LogP contribution in [0, 0.1) is 5.82 Å². The first-order valence-corrected chi connectivity index (χ1v) is 7.39. The first-order chi connectivity index (χ1) is 7.50. The molecule has 0 aliphatic rings. The van der Waals surface area contributed by atoms with Gasteiger partial charge in [0.2, 0.25) is 0 Å². The summed E-state index contributed by atoms with van der Waals surface area (Å²) in [5.74, 6) is -0.243. The van der Waals surface area contributed by atoms with E-state index in [1.165, 1.54) is 12.1 Å². The van der Waals surface area contributed by atoms with Crippen LogP contribution in [-0.4, -0.2) is 22.3 Å². The Bertz CT molecular complexity index is 386. The van der Waals surface area contributed by atoms with Crippen molar-refractivity contribution >= 4 is 26.7 Å². The highest BCUT2D eigenvalue weighted by atomic mass is 79.9. The third-order valence-corrected chi connectivity index (χ3v) is 4.40. The SMILES string of the molecule is CC(CNCc1cc(F)ccc1Br)S(C)=O. The molecule has 0 spiro atoms. The molecule has 2 atom stereocenters. The molecular weight excluding hydrogens is 293 g/mol. The van der Waals surface area contributed by atoms with E-state index in [9.17, 15) is 8.60 Å². The van der Waals surface area contributed by atoms with E-state index in [0.717, 1.165) is 10.0 Å². The van der Waals surface area contributed by atoms with E-state index in [4.69, 9.17) is 0 Å². The van der Waals surface area contributed by atoms with Crippen LogP contribution in [0.4, 0.5) is 4.39 Å². The van der Waals surface area contributed by atoms with Crippen LogP contribution in [-0.2, 0) is 17.3 Å². The maximum atomic E-state index is 13.0. The van der Waals surface area contributed by atoms with Crippen LogP contribution in [0.3, 0.4) is 0 Å². The number of hydrogen-bond acceptors (Lipinski definition) is 2. The Hall–Kier alpha value is -0.260. The van der Waals surface area contributed by atoms with Crippen LogP contribution in [0.5, 0.6) is 0 Å². The van der Waals surface area contributed by atoms with Crippen molar-refractivity contribution in [2.45, 2.75) is 18.7 Å². The normalized spacial score (nSPS) is 14.8. The van der Waals surface area contributed by atoms with E-state index in [1.54, 1.807) is 12.3 Å². The minimum absolute atomic E-state index is 0.104. The van der Waals surface area contributed by atoms with Gasteiger partial charge in [-0.1, -0.05) is 15.9 Å². The van der Waals surface area contributed by atoms with E-state index in [1.807, 2.05) is 6.92 Å². The Morgan fingerprint density at radius 2 is 2.25 bits per heavy atom. The second-order valence-electron chi connectivity index (χ2n) is 3.68. The monoisotopic (exact) mass is 307 g/mol. The molecule has 1 rings (SSSR count). The van der Waals surface area contributed by atoms with Crippen molar-refractivity contribution in [2.75, 3.05) is 12.8 Å². The summed E-state index contributed by atoms with van der Waals surface area (Å²) in [6.45, 7) is 3.15. The highest BCUT2D eigenvalue weighted by molar-refractivity contribution is 9.10. The Kier molecular flexibility index (Phi) is 5.58. The fourth-order valence-corrected chi connectivity index (χ4v) is 1.95. The molecule has 1 N–H and O–H groups in total. The molecule has 0 aromatic heterocycles. The molecule has 16 heavy (non-hydrogen) atoms. The Morgan fingerprint density at radius 3 is 2.88 bits per heavy atom. The average molecular weight is 308 g/mol. The standard InChI is InChI=1S/C11H15BrFNOS/c1-8(16(2)15)6-14-7-9-5-10(13)3-4-11(9)12/h3-5,8,14H,6-7H2,1-2H3. The first-order valence-electron chi connectivity index (χ1n) is 4.97. The molecule has 0 amide bonds. The van der Waals surface area contributed by atoms with Crippen molar-refractivity contribution < 1.29 is 8.60 Å². The summed E-state index contributed by atoms with van der Waals surface area (Å²) in [7, 11) is -0.826. The van der Waals surface area contributed by atoms with Gasteiger partial charge in [0.25, 0.3) is 0 Å². The molecule has 0 aliphatic carbocycles. The Labute approximate surface area is 106 Å². The maximum absolute atomic E-state index is 13.0. The van der Waals surface area contributed by atoms with Gasteiger partial charge in [0, 0.05) is 39.9 Å². The van der Waals surface area contributed by atoms with Gasteiger partial charge < -0.3 is 5.32 Å². The van der Waals surface area contributed by atoms with E-state index in [-0.39, 0.29) is 11.1 Å². The van der Waals surface area contributed by atoms with Gasteiger partial charge in [-0.2, -0.15) is 0 Å². The molecule has 90 valence electrons. The lowest BCUT2D eigenvalue weighted by atomic mass is 10.2. The molecular formula is C11H15BrFNOS. The van der Waals surface area contributed by atoms with Gasteiger partial charge >= 0.3 is 0 Å². The fourth-order valence-electron chi connectivity index (χ4n) is 1.21. The Morgan fingerprint density at radius 1 is 1.56 bits per heavy atom. The zero-order valence-corrected chi connectivity index (χ0v) is 11.7. The largest absolute Gasteiger partial charge is 0.311 e. The van der Waals surface area contributed by atoms with Crippen LogP contribution in [0.25, 0.3) is 0 Å². The third kappa shape index (κ3) is 4.31. The van der Waals surface area contributed by atoms with Crippen molar-refractivity contribution in [1.29, 1.82) is 0 Å². The van der Waals surface area contributed by atoms with E-state index >= 15 is 0 Å². The lowest BCUT2D eigenvalue weighted by Gasteiger charge is -2.10. The molecule has 0 aliphatic heterocycles. The minimum atomic E-state index is -0.826. The number of hydrogen-bond donors (Lipinski definition) is 1. The second kappa shape index (κ2) is 6.47. The van der Waals surface area contributed by atoms with Crippen molar-refractivity contribution in [3.05, 3.63) is 34.1 Å². The molecule has 0 fully saturated rings. The molecule has 5 heteroatoms. The zero-order valence-electron chi connectivity index (χ0n) is 9.30. The summed E-state index contributed by atoms with van der Waals surface area (Å²) in [5.41, 5.74) is 0.870. The van der Waals surface area contributed by atoms with Gasteiger partial charge in [-0.05, 0) is 30.7 Å². The van der Waals surface area contributed by atoms with E-state index in [2.05, 4.69) is 21.2 Å². The highest BCUT2D eigenvalue weighted by Gasteiger charge is 2.06. The third-order valence-electron chi connectivity index (χ3n) is 2.32. The fraction of sp³-hybridized carbons (Fsp3) is 0.455. The summed E-state index contributed by atoms with van der Waals surface area (Å²) in [6, 6.07) is 4.59. The van der Waals surface area contributed by atoms with E-state index < -0.39 is 10.8 Å². The van der Waals surface area contributed by atoms with Crippen molar-refractivity contribution in [3.63, 3.8) is 0 Å². The first kappa shape index (κ1) is 13.8. The predicted molar refractivity (Wildman–Crippen MR) is 69.3 cm³/mol. The number of halogens is 2. The smallest absolute Gasteiger partial charge is 0.123 e. The molecule has 2 unspecified atom stereocenters. The van der Waals surface area contributed by atoms with Gasteiger partial charge in [-0.3, -0.25) is 4.21 Å². The van der Waals surface area contributed by atoms with Crippen LogP contribution >= 0.6 is 15.9 Å². The highest BCUT2D eigenvalue weighted by Crippen LogP contribution is 2.17. The molecule has 0 bridgehead atoms. The molecule has 0 saturated heterocycles. The second-order valence-corrected chi connectivity index (χ2v) is 6.33. The summed E-state index contributed by atoms with van der Waals surface area (Å²) in [6.07, 6.45) is 1.68. The maximum Gasteiger partial charge on any atom is 0.123 e. The van der Waals surface area contributed by atoms with Gasteiger partial charge in [-0.25, -0.2) is 4.39 Å². The number of nitrogens with one attached hydrogen (secondary N) is 1. The number of benzene rings is 1. The van der Waals surface area contributed by atoms with Crippen LogP contribution in [0.2, 0.25) is 0 Å². The summed E-state index contributed by atoms with van der Waals surface area (Å²) < 4.78 is 25.0. The van der Waals surface area contributed by atoms with Crippen LogP contribution < -0.4 is 5.32 Å². The molecule has 0 heterocycles. The lowest BCUT2D eigenvalue weighted by molar-refractivity contribution is 0.616. The minimum Gasteiger partial charge on any atom is -0.311 e. The summed E-state index contributed by atoms with van der Waals surface area (Å²) in [5, 5.41) is 3.27. The predicted octanol–water partition coefficient (Wildman–Crippen LogP) is 2.44. The molecule has 1 aromatic rings. The van der Waals surface area contributed by atoms with Gasteiger partial charge in [0.15, 0.2) is 0 Å². The quantitative estimate of drug-likeness (QED) is 0.905. The summed E-state index contributed by atoms with van der Waals surface area (Å²) in [4.78, 5) is 0. The average Bonchev–Trinajstić information content (AvgIpc) is 2.22.